The van der Waals surface area contributed by atoms with E-state index in [0.717, 1.165) is 5.56 Å². The highest BCUT2D eigenvalue weighted by atomic mass is 19.1. The number of benzene rings is 1. The van der Waals surface area contributed by atoms with E-state index in [1.165, 1.54) is 19.1 Å². The zero-order valence-corrected chi connectivity index (χ0v) is 8.42. The second-order valence-electron chi connectivity index (χ2n) is 3.87. The molecule has 1 aliphatic carbocycles. The fraction of sp³-hybridized carbons (Fsp3) is 0.333. The molecule has 0 fully saturated rings. The summed E-state index contributed by atoms with van der Waals surface area (Å²) in [4.78, 5) is 23.0. The topological polar surface area (TPSA) is 34.1 Å². The van der Waals surface area contributed by atoms with Crippen molar-refractivity contribution in [3.8, 4) is 0 Å². The molecule has 0 saturated heterocycles. The third-order valence-electron chi connectivity index (χ3n) is 2.85. The van der Waals surface area contributed by atoms with Gasteiger partial charge in [-0.2, -0.15) is 0 Å². The smallest absolute Gasteiger partial charge is 0.173 e. The van der Waals surface area contributed by atoms with Crippen LogP contribution in [0.1, 0.15) is 29.3 Å². The van der Waals surface area contributed by atoms with Crippen LogP contribution in [0.15, 0.2) is 18.2 Å². The van der Waals surface area contributed by atoms with Crippen molar-refractivity contribution in [2.75, 3.05) is 0 Å². The summed E-state index contributed by atoms with van der Waals surface area (Å²) < 4.78 is 13.0. The monoisotopic (exact) mass is 206 g/mol. The lowest BCUT2D eigenvalue weighted by atomic mass is 9.81. The Kier molecular flexibility index (Phi) is 2.39. The minimum Gasteiger partial charge on any atom is -0.299 e. The summed E-state index contributed by atoms with van der Waals surface area (Å²) in [6.07, 6.45) is 1.22. The minimum atomic E-state index is -0.570. The molecule has 1 aromatic carbocycles. The number of fused-ring (bicyclic) bond motifs is 1. The molecule has 0 spiro atoms. The molecular weight excluding hydrogens is 195 g/mol. The lowest BCUT2D eigenvalue weighted by Crippen LogP contribution is -2.28. The van der Waals surface area contributed by atoms with E-state index in [0.29, 0.717) is 18.4 Å². The van der Waals surface area contributed by atoms with Crippen molar-refractivity contribution in [3.05, 3.63) is 35.1 Å². The van der Waals surface area contributed by atoms with Crippen LogP contribution in [0, 0.1) is 11.7 Å². The first-order chi connectivity index (χ1) is 7.09. The maximum atomic E-state index is 13.0. The molecule has 1 aliphatic rings. The van der Waals surface area contributed by atoms with Gasteiger partial charge in [0, 0.05) is 5.56 Å². The molecule has 2 nitrogen and oxygen atoms in total. The quantitative estimate of drug-likeness (QED) is 0.660. The van der Waals surface area contributed by atoms with Crippen LogP contribution >= 0.6 is 0 Å². The summed E-state index contributed by atoms with van der Waals surface area (Å²) in [5.74, 6) is -1.36. The highest BCUT2D eigenvalue weighted by Gasteiger charge is 2.30. The Morgan fingerprint density at radius 2 is 2.20 bits per heavy atom. The molecule has 3 heteroatoms. The maximum absolute atomic E-state index is 13.0. The van der Waals surface area contributed by atoms with E-state index in [4.69, 9.17) is 0 Å². The maximum Gasteiger partial charge on any atom is 0.173 e. The van der Waals surface area contributed by atoms with Crippen LogP contribution in [0.5, 0.6) is 0 Å². The van der Waals surface area contributed by atoms with Gasteiger partial charge in [0.05, 0.1) is 5.92 Å². The van der Waals surface area contributed by atoms with Gasteiger partial charge >= 0.3 is 0 Å². The number of carbonyl (C=O) groups is 2. The predicted molar refractivity (Wildman–Crippen MR) is 53.2 cm³/mol. The molecule has 1 atom stereocenters. The van der Waals surface area contributed by atoms with Crippen LogP contribution in [0.3, 0.4) is 0 Å². The molecule has 2 rings (SSSR count). The lowest BCUT2D eigenvalue weighted by molar-refractivity contribution is -0.119. The third-order valence-corrected chi connectivity index (χ3v) is 2.85. The number of aryl methyl sites for hydroxylation is 1. The average Bonchev–Trinajstić information content (AvgIpc) is 2.19. The Hall–Kier alpha value is -1.51. The van der Waals surface area contributed by atoms with Gasteiger partial charge in [0.15, 0.2) is 5.78 Å². The average molecular weight is 206 g/mol. The molecule has 0 saturated carbocycles. The first-order valence-electron chi connectivity index (χ1n) is 4.92. The molecule has 0 amide bonds. The molecule has 0 N–H and O–H groups in total. The molecule has 15 heavy (non-hydrogen) atoms. The Morgan fingerprint density at radius 3 is 2.87 bits per heavy atom. The zero-order chi connectivity index (χ0) is 11.0. The SMILES string of the molecule is CC(=O)C1CCc2ccc(F)cc2C1=O. The fourth-order valence-corrected chi connectivity index (χ4v) is 2.00. The van der Waals surface area contributed by atoms with Crippen molar-refractivity contribution in [3.63, 3.8) is 0 Å². The van der Waals surface area contributed by atoms with Crippen molar-refractivity contribution in [2.24, 2.45) is 5.92 Å². The number of ketones is 2. The molecule has 78 valence electrons. The van der Waals surface area contributed by atoms with E-state index < -0.39 is 11.7 Å². The normalized spacial score (nSPS) is 19.9. The van der Waals surface area contributed by atoms with E-state index >= 15 is 0 Å². The Labute approximate surface area is 87.1 Å². The first-order valence-corrected chi connectivity index (χ1v) is 4.92. The van der Waals surface area contributed by atoms with Gasteiger partial charge in [-0.15, -0.1) is 0 Å². The van der Waals surface area contributed by atoms with Crippen LogP contribution in [0.2, 0.25) is 0 Å². The molecule has 0 aromatic heterocycles. The lowest BCUT2D eigenvalue weighted by Gasteiger charge is -2.21. The first kappa shape index (κ1) is 10.0. The molecule has 0 radical (unpaired) electrons. The Balaban J connectivity index is 2.45. The van der Waals surface area contributed by atoms with Gasteiger partial charge in [-0.3, -0.25) is 9.59 Å². The number of Topliss-reactive ketones (excluding diaryl/α,β-unsaturated/α-hetero) is 2. The van der Waals surface area contributed by atoms with Crippen LogP contribution in [-0.4, -0.2) is 11.6 Å². The van der Waals surface area contributed by atoms with E-state index in [2.05, 4.69) is 0 Å². The number of hydrogen-bond donors (Lipinski definition) is 0. The summed E-state index contributed by atoms with van der Waals surface area (Å²) in [6, 6.07) is 4.20. The number of halogens is 1. The number of rotatable bonds is 1. The number of hydrogen-bond acceptors (Lipinski definition) is 2. The van der Waals surface area contributed by atoms with Crippen molar-refractivity contribution in [1.82, 2.24) is 0 Å². The van der Waals surface area contributed by atoms with Gasteiger partial charge in [-0.05, 0) is 37.5 Å². The molecule has 0 aliphatic heterocycles. The standard InChI is InChI=1S/C12H11FO2/c1-7(14)10-5-3-8-2-4-9(13)6-11(8)12(10)15/h2,4,6,10H,3,5H2,1H3. The van der Waals surface area contributed by atoms with Crippen LogP contribution in [0.25, 0.3) is 0 Å². The predicted octanol–water partition coefficient (Wildman–Crippen LogP) is 2.16. The second-order valence-corrected chi connectivity index (χ2v) is 3.87. The van der Waals surface area contributed by atoms with E-state index in [1.54, 1.807) is 6.07 Å². The van der Waals surface area contributed by atoms with E-state index in [1.807, 2.05) is 0 Å². The zero-order valence-electron chi connectivity index (χ0n) is 8.42. The van der Waals surface area contributed by atoms with Crippen molar-refractivity contribution >= 4 is 11.6 Å². The van der Waals surface area contributed by atoms with Crippen molar-refractivity contribution in [1.29, 1.82) is 0 Å². The second kappa shape index (κ2) is 3.57. The highest BCUT2D eigenvalue weighted by molar-refractivity contribution is 6.11. The van der Waals surface area contributed by atoms with Gasteiger partial charge in [-0.1, -0.05) is 6.07 Å². The van der Waals surface area contributed by atoms with Crippen molar-refractivity contribution in [2.45, 2.75) is 19.8 Å². The third kappa shape index (κ3) is 1.69. The Bertz CT molecular complexity index is 437. The van der Waals surface area contributed by atoms with Crippen LogP contribution < -0.4 is 0 Å². The van der Waals surface area contributed by atoms with Crippen LogP contribution in [-0.2, 0) is 11.2 Å². The van der Waals surface area contributed by atoms with Gasteiger partial charge in [0.1, 0.15) is 11.6 Å². The van der Waals surface area contributed by atoms with E-state index in [-0.39, 0.29) is 11.6 Å². The minimum absolute atomic E-state index is 0.130. The summed E-state index contributed by atoms with van der Waals surface area (Å²) in [5.41, 5.74) is 1.22. The largest absolute Gasteiger partial charge is 0.299 e. The molecular formula is C12H11FO2. The van der Waals surface area contributed by atoms with Gasteiger partial charge in [0.2, 0.25) is 0 Å². The van der Waals surface area contributed by atoms with Gasteiger partial charge in [-0.25, -0.2) is 4.39 Å². The number of carbonyl (C=O) groups excluding carboxylic acids is 2. The van der Waals surface area contributed by atoms with Crippen molar-refractivity contribution < 1.29 is 14.0 Å². The van der Waals surface area contributed by atoms with Gasteiger partial charge in [0.25, 0.3) is 0 Å². The van der Waals surface area contributed by atoms with E-state index in [9.17, 15) is 14.0 Å². The van der Waals surface area contributed by atoms with Gasteiger partial charge < -0.3 is 0 Å². The molecule has 0 heterocycles. The summed E-state index contributed by atoms with van der Waals surface area (Å²) >= 11 is 0. The molecule has 1 unspecified atom stereocenters. The summed E-state index contributed by atoms with van der Waals surface area (Å²) in [6.45, 7) is 1.41. The Morgan fingerprint density at radius 1 is 1.47 bits per heavy atom. The fourth-order valence-electron chi connectivity index (χ4n) is 2.00. The summed E-state index contributed by atoms with van der Waals surface area (Å²) in [5, 5.41) is 0. The molecule has 1 aromatic rings. The molecule has 0 bridgehead atoms. The van der Waals surface area contributed by atoms with Crippen LogP contribution in [0.4, 0.5) is 4.39 Å². The highest BCUT2D eigenvalue weighted by Crippen LogP contribution is 2.26. The summed E-state index contributed by atoms with van der Waals surface area (Å²) in [7, 11) is 0.